The number of pyridine rings is 1. The maximum absolute atomic E-state index is 11.9. The van der Waals surface area contributed by atoms with Crippen LogP contribution in [0.2, 0.25) is 5.15 Å². The molecule has 2 heterocycles. The van der Waals surface area contributed by atoms with Gasteiger partial charge in [0.15, 0.2) is 0 Å². The van der Waals surface area contributed by atoms with Crippen molar-refractivity contribution in [2.24, 2.45) is 0 Å². The van der Waals surface area contributed by atoms with E-state index in [0.29, 0.717) is 18.7 Å². The fourth-order valence-corrected chi connectivity index (χ4v) is 1.96. The molecule has 1 N–H and O–H groups in total. The summed E-state index contributed by atoms with van der Waals surface area (Å²) in [6.45, 7) is 2.67. The molecule has 1 amide bonds. The predicted molar refractivity (Wildman–Crippen MR) is 56.6 cm³/mol. The first-order chi connectivity index (χ1) is 7.56. The van der Waals surface area contributed by atoms with Crippen LogP contribution in [-0.2, 0) is 6.54 Å². The number of hydrogen-bond donors (Lipinski definition) is 1. The van der Waals surface area contributed by atoms with Crippen molar-refractivity contribution in [3.8, 4) is 0 Å². The molecule has 0 unspecified atom stereocenters. The van der Waals surface area contributed by atoms with Crippen LogP contribution in [0.4, 0.5) is 0 Å². The summed E-state index contributed by atoms with van der Waals surface area (Å²) in [7, 11) is 0. The van der Waals surface area contributed by atoms with Crippen LogP contribution in [0.3, 0.4) is 0 Å². The molecule has 0 aromatic carbocycles. The van der Waals surface area contributed by atoms with Crippen molar-refractivity contribution in [1.82, 2.24) is 9.88 Å². The van der Waals surface area contributed by atoms with E-state index in [-0.39, 0.29) is 22.2 Å². The smallest absolute Gasteiger partial charge is 0.338 e. The molecule has 6 heteroatoms. The molecule has 1 aromatic heterocycles. The molecule has 84 valence electrons. The number of carbonyl (C=O) groups excluding carboxylic acids is 1. The van der Waals surface area contributed by atoms with Crippen LogP contribution < -0.4 is 0 Å². The number of carbonyl (C=O) groups is 2. The Balaban J connectivity index is 2.63. The van der Waals surface area contributed by atoms with Gasteiger partial charge >= 0.3 is 5.97 Å². The Morgan fingerprint density at radius 2 is 2.38 bits per heavy atom. The van der Waals surface area contributed by atoms with E-state index >= 15 is 0 Å². The second-order valence-corrected chi connectivity index (χ2v) is 3.80. The lowest BCUT2D eigenvalue weighted by atomic mass is 10.1. The van der Waals surface area contributed by atoms with Gasteiger partial charge in [-0.3, -0.25) is 4.79 Å². The van der Waals surface area contributed by atoms with E-state index in [0.717, 1.165) is 6.20 Å². The lowest BCUT2D eigenvalue weighted by Gasteiger charge is -2.11. The molecule has 16 heavy (non-hydrogen) atoms. The maximum atomic E-state index is 11.9. The standard InChI is InChI=1S/C10H9ClN2O3/c1-2-13-4-6-7(9(13)14)5(10(15)16)3-12-8(6)11/h3H,2,4H2,1H3,(H,15,16). The highest BCUT2D eigenvalue weighted by Crippen LogP contribution is 2.30. The summed E-state index contributed by atoms with van der Waals surface area (Å²) in [5, 5.41) is 9.16. The van der Waals surface area contributed by atoms with Crippen molar-refractivity contribution in [3.63, 3.8) is 0 Å². The molecular formula is C10H9ClN2O3. The summed E-state index contributed by atoms with van der Waals surface area (Å²) < 4.78 is 0. The van der Waals surface area contributed by atoms with Gasteiger partial charge in [0.1, 0.15) is 5.15 Å². The van der Waals surface area contributed by atoms with E-state index in [1.54, 1.807) is 0 Å². The zero-order chi connectivity index (χ0) is 11.9. The lowest BCUT2D eigenvalue weighted by molar-refractivity contribution is 0.0683. The minimum Gasteiger partial charge on any atom is -0.478 e. The molecule has 1 aliphatic heterocycles. The summed E-state index contributed by atoms with van der Waals surface area (Å²) >= 11 is 5.85. The molecule has 0 bridgehead atoms. The molecule has 0 spiro atoms. The minimum absolute atomic E-state index is 0.0830. The van der Waals surface area contributed by atoms with Crippen molar-refractivity contribution >= 4 is 23.5 Å². The molecule has 0 atom stereocenters. The van der Waals surface area contributed by atoms with Gasteiger partial charge < -0.3 is 10.0 Å². The Bertz CT molecular complexity index is 487. The van der Waals surface area contributed by atoms with Crippen LogP contribution in [0.1, 0.15) is 33.2 Å². The Kier molecular flexibility index (Phi) is 2.55. The average Bonchev–Trinajstić information content (AvgIpc) is 2.57. The highest BCUT2D eigenvalue weighted by atomic mass is 35.5. The zero-order valence-corrected chi connectivity index (χ0v) is 9.28. The van der Waals surface area contributed by atoms with E-state index in [1.807, 2.05) is 6.92 Å². The number of carboxylic acids is 1. The topological polar surface area (TPSA) is 70.5 Å². The quantitative estimate of drug-likeness (QED) is 0.794. The number of nitrogens with zero attached hydrogens (tertiary/aromatic N) is 2. The van der Waals surface area contributed by atoms with Crippen LogP contribution in [-0.4, -0.2) is 33.4 Å². The predicted octanol–water partition coefficient (Wildman–Crippen LogP) is 1.41. The SMILES string of the molecule is CCN1Cc2c(Cl)ncc(C(=O)O)c2C1=O. The molecular weight excluding hydrogens is 232 g/mol. The summed E-state index contributed by atoms with van der Waals surface area (Å²) in [6, 6.07) is 0. The van der Waals surface area contributed by atoms with Gasteiger partial charge in [0.2, 0.25) is 0 Å². The molecule has 0 radical (unpaired) electrons. The summed E-state index contributed by atoms with van der Waals surface area (Å²) in [5.41, 5.74) is 0.600. The van der Waals surface area contributed by atoms with Gasteiger partial charge in [-0.1, -0.05) is 11.6 Å². The van der Waals surface area contributed by atoms with Crippen LogP contribution in [0, 0.1) is 0 Å². The number of rotatable bonds is 2. The molecule has 1 aromatic rings. The zero-order valence-electron chi connectivity index (χ0n) is 8.53. The van der Waals surface area contributed by atoms with Crippen LogP contribution in [0.25, 0.3) is 0 Å². The first kappa shape index (κ1) is 10.9. The number of hydrogen-bond acceptors (Lipinski definition) is 3. The first-order valence-electron chi connectivity index (χ1n) is 4.76. The number of halogens is 1. The van der Waals surface area contributed by atoms with E-state index < -0.39 is 5.97 Å². The second-order valence-electron chi connectivity index (χ2n) is 3.44. The second kappa shape index (κ2) is 3.75. The summed E-state index contributed by atoms with van der Waals surface area (Å²) in [5.74, 6) is -1.45. The van der Waals surface area contributed by atoms with Gasteiger partial charge in [0.25, 0.3) is 5.91 Å². The highest BCUT2D eigenvalue weighted by molar-refractivity contribution is 6.31. The number of aromatic nitrogens is 1. The maximum Gasteiger partial charge on any atom is 0.338 e. The molecule has 5 nitrogen and oxygen atoms in total. The Morgan fingerprint density at radius 3 is 2.94 bits per heavy atom. The van der Waals surface area contributed by atoms with Crippen molar-refractivity contribution < 1.29 is 14.7 Å². The number of aromatic carboxylic acids is 1. The molecule has 2 rings (SSSR count). The van der Waals surface area contributed by atoms with Crippen molar-refractivity contribution in [3.05, 3.63) is 28.0 Å². The van der Waals surface area contributed by atoms with E-state index in [4.69, 9.17) is 16.7 Å². The average molecular weight is 241 g/mol. The number of fused-ring (bicyclic) bond motifs is 1. The normalized spacial score (nSPS) is 14.1. The fraction of sp³-hybridized carbons (Fsp3) is 0.300. The van der Waals surface area contributed by atoms with Crippen LogP contribution >= 0.6 is 11.6 Å². The number of amides is 1. The molecule has 0 saturated heterocycles. The van der Waals surface area contributed by atoms with Gasteiger partial charge in [0, 0.05) is 24.8 Å². The molecule has 0 fully saturated rings. The molecule has 1 aliphatic rings. The van der Waals surface area contributed by atoms with Gasteiger partial charge in [-0.15, -0.1) is 0 Å². The van der Waals surface area contributed by atoms with Gasteiger partial charge in [0.05, 0.1) is 11.1 Å². The van der Waals surface area contributed by atoms with E-state index in [9.17, 15) is 9.59 Å². The third-order valence-electron chi connectivity index (χ3n) is 2.59. The van der Waals surface area contributed by atoms with Crippen molar-refractivity contribution in [2.45, 2.75) is 13.5 Å². The van der Waals surface area contributed by atoms with Gasteiger partial charge in [-0.2, -0.15) is 0 Å². The largest absolute Gasteiger partial charge is 0.478 e. The van der Waals surface area contributed by atoms with Crippen LogP contribution in [0.15, 0.2) is 6.20 Å². The van der Waals surface area contributed by atoms with Crippen LogP contribution in [0.5, 0.6) is 0 Å². The summed E-state index contributed by atoms with van der Waals surface area (Å²) in [6.07, 6.45) is 1.13. The third-order valence-corrected chi connectivity index (χ3v) is 2.92. The van der Waals surface area contributed by atoms with Gasteiger partial charge in [-0.05, 0) is 6.92 Å². The Labute approximate surface area is 96.7 Å². The lowest BCUT2D eigenvalue weighted by Crippen LogP contribution is -2.24. The molecule has 0 saturated carbocycles. The molecule has 0 aliphatic carbocycles. The van der Waals surface area contributed by atoms with Crippen molar-refractivity contribution in [2.75, 3.05) is 6.54 Å². The third kappa shape index (κ3) is 1.44. The number of carboxylic acid groups (broad SMARTS) is 1. The fourth-order valence-electron chi connectivity index (χ4n) is 1.76. The monoisotopic (exact) mass is 240 g/mol. The van der Waals surface area contributed by atoms with E-state index in [1.165, 1.54) is 4.90 Å². The van der Waals surface area contributed by atoms with Gasteiger partial charge in [-0.25, -0.2) is 9.78 Å². The summed E-state index contributed by atoms with van der Waals surface area (Å²) in [4.78, 5) is 28.2. The van der Waals surface area contributed by atoms with Crippen molar-refractivity contribution in [1.29, 1.82) is 0 Å². The Hall–Kier alpha value is -1.62. The first-order valence-corrected chi connectivity index (χ1v) is 5.14. The minimum atomic E-state index is -1.16. The Morgan fingerprint density at radius 1 is 1.69 bits per heavy atom. The van der Waals surface area contributed by atoms with E-state index in [2.05, 4.69) is 4.98 Å². The highest BCUT2D eigenvalue weighted by Gasteiger charge is 2.33.